The van der Waals surface area contributed by atoms with E-state index in [4.69, 9.17) is 24.7 Å². The van der Waals surface area contributed by atoms with Gasteiger partial charge < -0.3 is 24.7 Å². The summed E-state index contributed by atoms with van der Waals surface area (Å²) in [6.07, 6.45) is 1.01. The lowest BCUT2D eigenvalue weighted by Crippen LogP contribution is -2.34. The minimum absolute atomic E-state index is 0.0848. The average Bonchev–Trinajstić information content (AvgIpc) is 2.35. The third-order valence-electron chi connectivity index (χ3n) is 2.49. The van der Waals surface area contributed by atoms with E-state index in [9.17, 15) is 0 Å². The summed E-state index contributed by atoms with van der Waals surface area (Å²) < 4.78 is 21.0. The molecule has 0 radical (unpaired) electrons. The molecule has 0 spiro atoms. The molecule has 0 saturated carbocycles. The van der Waals surface area contributed by atoms with E-state index in [1.807, 2.05) is 6.92 Å². The predicted molar refractivity (Wildman–Crippen MR) is 67.2 cm³/mol. The quantitative estimate of drug-likeness (QED) is 0.519. The van der Waals surface area contributed by atoms with E-state index in [-0.39, 0.29) is 12.1 Å². The Hall–Kier alpha value is -0.200. The van der Waals surface area contributed by atoms with E-state index >= 15 is 0 Å². The minimum Gasteiger partial charge on any atom is -0.382 e. The fraction of sp³-hybridized carbons (Fsp3) is 1.00. The van der Waals surface area contributed by atoms with Crippen molar-refractivity contribution in [1.82, 2.24) is 0 Å². The maximum Gasteiger partial charge on any atom is 0.0704 e. The van der Waals surface area contributed by atoms with Gasteiger partial charge >= 0.3 is 0 Å². The summed E-state index contributed by atoms with van der Waals surface area (Å²) in [7, 11) is 1.65. The van der Waals surface area contributed by atoms with E-state index in [1.165, 1.54) is 0 Å². The topological polar surface area (TPSA) is 62.9 Å². The Bertz CT molecular complexity index is 157. The first-order valence-corrected chi connectivity index (χ1v) is 6.24. The number of methoxy groups -OCH3 is 1. The molecule has 0 aromatic rings. The molecule has 5 heteroatoms. The molecule has 0 aliphatic carbocycles. The summed E-state index contributed by atoms with van der Waals surface area (Å²) in [6, 6.07) is 0.104. The largest absolute Gasteiger partial charge is 0.382 e. The molecular weight excluding hydrogens is 222 g/mol. The Morgan fingerprint density at radius 2 is 1.47 bits per heavy atom. The molecule has 0 aliphatic rings. The molecule has 0 bridgehead atoms. The van der Waals surface area contributed by atoms with Gasteiger partial charge in [-0.25, -0.2) is 0 Å². The van der Waals surface area contributed by atoms with Crippen LogP contribution in [0.4, 0.5) is 0 Å². The van der Waals surface area contributed by atoms with Crippen LogP contribution in [-0.2, 0) is 18.9 Å². The van der Waals surface area contributed by atoms with E-state index < -0.39 is 0 Å². The average molecular weight is 249 g/mol. The second-order valence-electron chi connectivity index (χ2n) is 3.87. The second-order valence-corrected chi connectivity index (χ2v) is 3.87. The molecule has 0 rings (SSSR count). The molecule has 104 valence electrons. The van der Waals surface area contributed by atoms with Crippen LogP contribution < -0.4 is 5.73 Å². The van der Waals surface area contributed by atoms with Crippen LogP contribution in [0.5, 0.6) is 0 Å². The number of nitrogens with two attached hydrogens (primary N) is 1. The highest BCUT2D eigenvalue weighted by atomic mass is 16.6. The maximum atomic E-state index is 5.83. The smallest absolute Gasteiger partial charge is 0.0704 e. The second kappa shape index (κ2) is 12.3. The Morgan fingerprint density at radius 1 is 0.941 bits per heavy atom. The van der Waals surface area contributed by atoms with Gasteiger partial charge in [-0.15, -0.1) is 0 Å². The lowest BCUT2D eigenvalue weighted by atomic mass is 10.1. The van der Waals surface area contributed by atoms with Gasteiger partial charge in [0, 0.05) is 13.2 Å². The monoisotopic (exact) mass is 249 g/mol. The molecule has 0 saturated heterocycles. The van der Waals surface area contributed by atoms with Crippen LogP contribution in [0.1, 0.15) is 20.3 Å². The van der Waals surface area contributed by atoms with Gasteiger partial charge in [-0.3, -0.25) is 0 Å². The molecule has 0 aromatic carbocycles. The van der Waals surface area contributed by atoms with Gasteiger partial charge in [0.1, 0.15) is 0 Å². The fourth-order valence-corrected chi connectivity index (χ4v) is 1.21. The normalized spacial score (nSPS) is 14.8. The molecule has 0 heterocycles. The van der Waals surface area contributed by atoms with Gasteiger partial charge in [0.2, 0.25) is 0 Å². The zero-order valence-corrected chi connectivity index (χ0v) is 11.3. The van der Waals surface area contributed by atoms with Crippen LogP contribution in [0.3, 0.4) is 0 Å². The Kier molecular flexibility index (Phi) is 12.1. The van der Waals surface area contributed by atoms with Gasteiger partial charge in [-0.05, 0) is 13.3 Å². The molecule has 0 fully saturated rings. The van der Waals surface area contributed by atoms with Crippen molar-refractivity contribution in [2.24, 2.45) is 5.73 Å². The molecule has 5 nitrogen and oxygen atoms in total. The van der Waals surface area contributed by atoms with Crippen LogP contribution in [0.2, 0.25) is 0 Å². The van der Waals surface area contributed by atoms with Crippen molar-refractivity contribution in [3.05, 3.63) is 0 Å². The van der Waals surface area contributed by atoms with Crippen LogP contribution in [0, 0.1) is 0 Å². The predicted octanol–water partition coefficient (Wildman–Crippen LogP) is 0.808. The Balaban J connectivity index is 3.13. The van der Waals surface area contributed by atoms with Crippen molar-refractivity contribution in [3.8, 4) is 0 Å². The van der Waals surface area contributed by atoms with Gasteiger partial charge in [0.05, 0.1) is 45.7 Å². The van der Waals surface area contributed by atoms with Crippen molar-refractivity contribution in [3.63, 3.8) is 0 Å². The van der Waals surface area contributed by atoms with E-state index in [0.29, 0.717) is 39.6 Å². The molecule has 0 aromatic heterocycles. The Labute approximate surface area is 105 Å². The highest BCUT2D eigenvalue weighted by Crippen LogP contribution is 1.99. The number of ether oxygens (including phenoxy) is 4. The summed E-state index contributed by atoms with van der Waals surface area (Å²) in [5, 5.41) is 0. The molecule has 17 heavy (non-hydrogen) atoms. The molecule has 2 N–H and O–H groups in total. The summed E-state index contributed by atoms with van der Waals surface area (Å²) in [6.45, 7) is 7.60. The van der Waals surface area contributed by atoms with E-state index in [0.717, 1.165) is 6.42 Å². The molecule has 0 aliphatic heterocycles. The molecule has 2 atom stereocenters. The SMILES string of the molecule is CCC(N)C(C)OCCOCCOCCOC. The van der Waals surface area contributed by atoms with Crippen molar-refractivity contribution < 1.29 is 18.9 Å². The molecular formula is C12H27NO4. The van der Waals surface area contributed by atoms with Crippen LogP contribution in [0.15, 0.2) is 0 Å². The van der Waals surface area contributed by atoms with E-state index in [2.05, 4.69) is 6.92 Å². The van der Waals surface area contributed by atoms with Gasteiger partial charge in [0.15, 0.2) is 0 Å². The third kappa shape index (κ3) is 10.7. The summed E-state index contributed by atoms with van der Waals surface area (Å²) in [5.74, 6) is 0. The zero-order valence-electron chi connectivity index (χ0n) is 11.3. The fourth-order valence-electron chi connectivity index (χ4n) is 1.21. The van der Waals surface area contributed by atoms with Gasteiger partial charge in [0.25, 0.3) is 0 Å². The van der Waals surface area contributed by atoms with Crippen LogP contribution in [0.25, 0.3) is 0 Å². The lowest BCUT2D eigenvalue weighted by Gasteiger charge is -2.18. The van der Waals surface area contributed by atoms with E-state index in [1.54, 1.807) is 7.11 Å². The first kappa shape index (κ1) is 16.8. The standard InChI is InChI=1S/C12H27NO4/c1-4-12(13)11(2)17-10-9-16-8-7-15-6-5-14-3/h11-12H,4-10,13H2,1-3H3. The minimum atomic E-state index is 0.0848. The van der Waals surface area contributed by atoms with Gasteiger partial charge in [-0.2, -0.15) is 0 Å². The van der Waals surface area contributed by atoms with Crippen LogP contribution >= 0.6 is 0 Å². The van der Waals surface area contributed by atoms with Crippen molar-refractivity contribution in [2.75, 3.05) is 46.8 Å². The molecule has 2 unspecified atom stereocenters. The van der Waals surface area contributed by atoms with Crippen LogP contribution in [-0.4, -0.2) is 58.9 Å². The van der Waals surface area contributed by atoms with Crippen molar-refractivity contribution >= 4 is 0 Å². The number of hydrogen-bond donors (Lipinski definition) is 1. The summed E-state index contributed by atoms with van der Waals surface area (Å²) in [4.78, 5) is 0. The third-order valence-corrected chi connectivity index (χ3v) is 2.49. The Morgan fingerprint density at radius 3 is 2.00 bits per heavy atom. The molecule has 0 amide bonds. The van der Waals surface area contributed by atoms with Crippen molar-refractivity contribution in [1.29, 1.82) is 0 Å². The zero-order chi connectivity index (χ0) is 12.9. The summed E-state index contributed by atoms with van der Waals surface area (Å²) >= 11 is 0. The van der Waals surface area contributed by atoms with Gasteiger partial charge in [-0.1, -0.05) is 6.92 Å². The summed E-state index contributed by atoms with van der Waals surface area (Å²) in [5.41, 5.74) is 5.83. The number of hydrogen-bond acceptors (Lipinski definition) is 5. The highest BCUT2D eigenvalue weighted by molar-refractivity contribution is 4.66. The highest BCUT2D eigenvalue weighted by Gasteiger charge is 2.09. The maximum absolute atomic E-state index is 5.83. The lowest BCUT2D eigenvalue weighted by molar-refractivity contribution is -0.0177. The first-order chi connectivity index (χ1) is 8.22. The van der Waals surface area contributed by atoms with Crippen molar-refractivity contribution in [2.45, 2.75) is 32.4 Å². The number of rotatable bonds is 12. The first-order valence-electron chi connectivity index (χ1n) is 6.24.